The minimum atomic E-state index is -0.853. The summed E-state index contributed by atoms with van der Waals surface area (Å²) in [4.78, 5) is 10.3. The Morgan fingerprint density at radius 2 is 2.31 bits per heavy atom. The first-order valence-corrected chi connectivity index (χ1v) is 5.99. The van der Waals surface area contributed by atoms with Crippen LogP contribution in [0, 0.1) is 11.3 Å². The summed E-state index contributed by atoms with van der Waals surface area (Å²) >= 11 is 0. The van der Waals surface area contributed by atoms with Crippen molar-refractivity contribution in [3.63, 3.8) is 0 Å². The zero-order valence-corrected chi connectivity index (χ0v) is 10.5. The maximum absolute atomic E-state index is 10.3. The summed E-state index contributed by atoms with van der Waals surface area (Å²) in [7, 11) is 0. The Balaban J connectivity index is 2.31. The first-order chi connectivity index (χ1) is 7.41. The van der Waals surface area contributed by atoms with Gasteiger partial charge >= 0.3 is 5.97 Å². The molecule has 0 heterocycles. The number of aliphatic carboxylic acids is 1. The van der Waals surface area contributed by atoms with Gasteiger partial charge in [0.25, 0.3) is 0 Å². The lowest BCUT2D eigenvalue weighted by molar-refractivity contribution is -0.131. The first kappa shape index (κ1) is 13.0. The largest absolute Gasteiger partial charge is 0.478 e. The molecule has 2 heteroatoms. The van der Waals surface area contributed by atoms with Crippen LogP contribution in [0.3, 0.4) is 0 Å². The van der Waals surface area contributed by atoms with Crippen LogP contribution in [-0.2, 0) is 4.79 Å². The molecule has 0 saturated carbocycles. The van der Waals surface area contributed by atoms with Gasteiger partial charge < -0.3 is 5.11 Å². The lowest BCUT2D eigenvalue weighted by Gasteiger charge is -2.19. The molecule has 1 N–H and O–H groups in total. The lowest BCUT2D eigenvalue weighted by atomic mass is 9.86. The van der Waals surface area contributed by atoms with Gasteiger partial charge in [0.2, 0.25) is 0 Å². The number of allylic oxidation sites excluding steroid dienone is 3. The van der Waals surface area contributed by atoms with Crippen molar-refractivity contribution in [2.75, 3.05) is 0 Å². The monoisotopic (exact) mass is 222 g/mol. The minimum absolute atomic E-state index is 0.431. The van der Waals surface area contributed by atoms with Crippen molar-refractivity contribution in [3.8, 4) is 0 Å². The van der Waals surface area contributed by atoms with E-state index in [1.807, 2.05) is 0 Å². The van der Waals surface area contributed by atoms with Crippen molar-refractivity contribution in [1.29, 1.82) is 0 Å². The molecule has 0 amide bonds. The predicted octanol–water partition coefficient (Wildman–Crippen LogP) is 3.79. The van der Waals surface area contributed by atoms with Crippen LogP contribution in [0.25, 0.3) is 0 Å². The highest BCUT2D eigenvalue weighted by Gasteiger charge is 2.26. The molecule has 1 aliphatic carbocycles. The van der Waals surface area contributed by atoms with Gasteiger partial charge in [-0.3, -0.25) is 0 Å². The Bertz CT molecular complexity index is 311. The Kier molecular flexibility index (Phi) is 4.34. The van der Waals surface area contributed by atoms with Crippen LogP contribution in [0.2, 0.25) is 0 Å². The van der Waals surface area contributed by atoms with E-state index in [9.17, 15) is 4.79 Å². The van der Waals surface area contributed by atoms with E-state index in [0.717, 1.165) is 12.8 Å². The smallest absolute Gasteiger partial charge is 0.327 e. The topological polar surface area (TPSA) is 37.3 Å². The molecule has 0 aromatic rings. The van der Waals surface area contributed by atoms with Crippen molar-refractivity contribution in [2.45, 2.75) is 46.5 Å². The fourth-order valence-electron chi connectivity index (χ4n) is 2.20. The molecule has 0 spiro atoms. The standard InChI is InChI=1S/C14H22O2/c1-11(6-4-5-7-13(15)16)12-8-9-14(2,3)10-12/h5,7-8,11H,4,6,9-10H2,1-3H3,(H,15,16)/b7-5+. The first-order valence-electron chi connectivity index (χ1n) is 5.99. The normalized spacial score (nSPS) is 21.1. The van der Waals surface area contributed by atoms with Crippen LogP contribution in [0.4, 0.5) is 0 Å². The van der Waals surface area contributed by atoms with Crippen LogP contribution < -0.4 is 0 Å². The molecule has 0 aliphatic heterocycles. The molecule has 0 fully saturated rings. The number of hydrogen-bond donors (Lipinski definition) is 1. The lowest BCUT2D eigenvalue weighted by Crippen LogP contribution is -2.07. The molecule has 1 rings (SSSR count). The molecule has 0 aromatic heterocycles. The van der Waals surface area contributed by atoms with Crippen molar-refractivity contribution >= 4 is 5.97 Å². The summed E-state index contributed by atoms with van der Waals surface area (Å²) in [5.41, 5.74) is 1.98. The van der Waals surface area contributed by atoms with E-state index in [1.54, 1.807) is 11.6 Å². The SMILES string of the molecule is CC(CC/C=C/C(=O)O)C1=CCC(C)(C)C1. The molecule has 90 valence electrons. The second-order valence-electron chi connectivity index (χ2n) is 5.54. The van der Waals surface area contributed by atoms with Gasteiger partial charge in [0.15, 0.2) is 0 Å². The third-order valence-electron chi connectivity index (χ3n) is 3.26. The predicted molar refractivity (Wildman–Crippen MR) is 66.3 cm³/mol. The van der Waals surface area contributed by atoms with Gasteiger partial charge in [0.1, 0.15) is 0 Å². The third-order valence-corrected chi connectivity index (χ3v) is 3.26. The Hall–Kier alpha value is -1.05. The van der Waals surface area contributed by atoms with E-state index in [1.165, 1.54) is 18.9 Å². The molecular weight excluding hydrogens is 200 g/mol. The highest BCUT2D eigenvalue weighted by atomic mass is 16.4. The summed E-state index contributed by atoms with van der Waals surface area (Å²) in [6, 6.07) is 0. The van der Waals surface area contributed by atoms with Gasteiger partial charge in [-0.25, -0.2) is 4.79 Å². The van der Waals surface area contributed by atoms with Crippen LogP contribution in [-0.4, -0.2) is 11.1 Å². The second kappa shape index (κ2) is 5.33. The summed E-state index contributed by atoms with van der Waals surface area (Å²) in [6.45, 7) is 6.84. The molecule has 0 bridgehead atoms. The third kappa shape index (κ3) is 4.21. The van der Waals surface area contributed by atoms with E-state index < -0.39 is 5.97 Å². The number of carboxylic acids is 1. The van der Waals surface area contributed by atoms with E-state index >= 15 is 0 Å². The number of carboxylic acid groups (broad SMARTS) is 1. The van der Waals surface area contributed by atoms with Gasteiger partial charge in [0, 0.05) is 6.08 Å². The molecule has 0 radical (unpaired) electrons. The van der Waals surface area contributed by atoms with Crippen molar-refractivity contribution in [2.24, 2.45) is 11.3 Å². The maximum atomic E-state index is 10.3. The van der Waals surface area contributed by atoms with Crippen LogP contribution in [0.1, 0.15) is 46.5 Å². The Morgan fingerprint density at radius 1 is 1.62 bits per heavy atom. The summed E-state index contributed by atoms with van der Waals surface area (Å²) in [5, 5.41) is 8.46. The van der Waals surface area contributed by atoms with Crippen LogP contribution in [0.5, 0.6) is 0 Å². The van der Waals surface area contributed by atoms with Crippen LogP contribution in [0.15, 0.2) is 23.8 Å². The number of carbonyl (C=O) groups is 1. The molecule has 1 unspecified atom stereocenters. The van der Waals surface area contributed by atoms with E-state index in [0.29, 0.717) is 11.3 Å². The van der Waals surface area contributed by atoms with Gasteiger partial charge in [-0.1, -0.05) is 38.5 Å². The van der Waals surface area contributed by atoms with Gasteiger partial charge in [0.05, 0.1) is 0 Å². The summed E-state index contributed by atoms with van der Waals surface area (Å²) < 4.78 is 0. The quantitative estimate of drug-likeness (QED) is 0.567. The molecule has 16 heavy (non-hydrogen) atoms. The average Bonchev–Trinajstić information content (AvgIpc) is 2.53. The molecular formula is C14H22O2. The van der Waals surface area contributed by atoms with Crippen LogP contribution >= 0.6 is 0 Å². The van der Waals surface area contributed by atoms with Gasteiger partial charge in [-0.2, -0.15) is 0 Å². The molecule has 0 saturated heterocycles. The second-order valence-corrected chi connectivity index (χ2v) is 5.54. The zero-order chi connectivity index (χ0) is 12.2. The molecule has 1 aliphatic rings. The van der Waals surface area contributed by atoms with E-state index in [-0.39, 0.29) is 0 Å². The Morgan fingerprint density at radius 3 is 2.81 bits per heavy atom. The van der Waals surface area contributed by atoms with E-state index in [4.69, 9.17) is 5.11 Å². The highest BCUT2D eigenvalue weighted by Crippen LogP contribution is 2.40. The van der Waals surface area contributed by atoms with Gasteiger partial charge in [-0.05, 0) is 37.0 Å². The van der Waals surface area contributed by atoms with Gasteiger partial charge in [-0.15, -0.1) is 0 Å². The maximum Gasteiger partial charge on any atom is 0.327 e. The summed E-state index contributed by atoms with van der Waals surface area (Å²) in [6.07, 6.45) is 9.62. The van der Waals surface area contributed by atoms with Crippen molar-refractivity contribution in [1.82, 2.24) is 0 Å². The average molecular weight is 222 g/mol. The fraction of sp³-hybridized carbons (Fsp3) is 0.643. The number of hydrogen-bond acceptors (Lipinski definition) is 1. The molecule has 1 atom stereocenters. The molecule has 0 aromatic carbocycles. The number of rotatable bonds is 5. The Labute approximate surface area is 98.1 Å². The summed E-state index contributed by atoms with van der Waals surface area (Å²) in [5.74, 6) is -0.269. The minimum Gasteiger partial charge on any atom is -0.478 e. The van der Waals surface area contributed by atoms with E-state index in [2.05, 4.69) is 26.8 Å². The highest BCUT2D eigenvalue weighted by molar-refractivity contribution is 5.79. The van der Waals surface area contributed by atoms with Crippen molar-refractivity contribution in [3.05, 3.63) is 23.8 Å². The molecule has 2 nitrogen and oxygen atoms in total. The zero-order valence-electron chi connectivity index (χ0n) is 10.5. The fourth-order valence-corrected chi connectivity index (χ4v) is 2.20. The van der Waals surface area contributed by atoms with Crippen molar-refractivity contribution < 1.29 is 9.90 Å².